The lowest BCUT2D eigenvalue weighted by Gasteiger charge is -2.42. The second-order valence-electron chi connectivity index (χ2n) is 7.56. The fraction of sp³-hybridized carbons (Fsp3) is 0.400. The number of fused-ring (bicyclic) bond motifs is 2. The number of H-pyrrole nitrogens is 1. The van der Waals surface area contributed by atoms with E-state index in [1.54, 1.807) is 4.90 Å². The third-order valence-corrected chi connectivity index (χ3v) is 5.96. The Kier molecular flexibility index (Phi) is 3.98. The van der Waals surface area contributed by atoms with Crippen LogP contribution in [0.2, 0.25) is 0 Å². The molecule has 142 valence electrons. The summed E-state index contributed by atoms with van der Waals surface area (Å²) >= 11 is 0. The number of hydrogen-bond acceptors (Lipinski definition) is 3. The molecule has 4 rings (SSSR count). The van der Waals surface area contributed by atoms with Crippen molar-refractivity contribution in [1.82, 2.24) is 9.88 Å². The van der Waals surface area contributed by atoms with E-state index in [9.17, 15) is 9.59 Å². The molecular formula is C20H23FN4O2. The molecule has 2 aromatic rings. The Bertz CT molecular complexity index is 980. The maximum absolute atomic E-state index is 15.2. The number of carbonyl (C=O) groups is 2. The number of rotatable bonds is 4. The molecule has 7 heteroatoms. The van der Waals surface area contributed by atoms with E-state index in [1.165, 1.54) is 12.1 Å². The monoisotopic (exact) mass is 370 g/mol. The molecular weight excluding hydrogens is 347 g/mol. The molecule has 1 aromatic carbocycles. The molecule has 0 radical (unpaired) electrons. The summed E-state index contributed by atoms with van der Waals surface area (Å²) < 4.78 is 15.2. The molecule has 2 aliphatic rings. The Labute approximate surface area is 156 Å². The predicted octanol–water partition coefficient (Wildman–Crippen LogP) is 1.78. The molecule has 2 unspecified atom stereocenters. The van der Waals surface area contributed by atoms with Crippen LogP contribution < -0.4 is 10.6 Å². The Morgan fingerprint density at radius 1 is 1.37 bits per heavy atom. The van der Waals surface area contributed by atoms with Gasteiger partial charge in [-0.2, -0.15) is 0 Å². The van der Waals surface area contributed by atoms with Crippen LogP contribution in [0.4, 0.5) is 10.1 Å². The average molecular weight is 370 g/mol. The summed E-state index contributed by atoms with van der Waals surface area (Å²) in [6.07, 6.45) is 1.32. The number of amides is 2. The number of likely N-dealkylation sites (tertiary alicyclic amines) is 1. The number of carbonyl (C=O) groups excluding carboxylic acids is 2. The minimum absolute atomic E-state index is 0.0139. The first kappa shape index (κ1) is 17.6. The Morgan fingerprint density at radius 3 is 2.78 bits per heavy atom. The number of hydrogen-bond donors (Lipinski definition) is 2. The van der Waals surface area contributed by atoms with Gasteiger partial charge in [0.1, 0.15) is 5.82 Å². The molecule has 0 aliphatic carbocycles. The molecule has 0 saturated carbocycles. The van der Waals surface area contributed by atoms with E-state index >= 15 is 4.39 Å². The summed E-state index contributed by atoms with van der Waals surface area (Å²) in [6.45, 7) is 9.41. The van der Waals surface area contributed by atoms with Crippen LogP contribution in [0.5, 0.6) is 0 Å². The van der Waals surface area contributed by atoms with Gasteiger partial charge in [0.2, 0.25) is 11.8 Å². The Balaban J connectivity index is 1.77. The van der Waals surface area contributed by atoms with Gasteiger partial charge >= 0.3 is 0 Å². The van der Waals surface area contributed by atoms with Gasteiger partial charge in [-0.25, -0.2) is 4.39 Å². The number of nitrogens with one attached hydrogen (secondary N) is 1. The molecule has 2 amide bonds. The van der Waals surface area contributed by atoms with Gasteiger partial charge in [-0.1, -0.05) is 6.58 Å². The summed E-state index contributed by atoms with van der Waals surface area (Å²) in [5.74, 6) is -0.585. The van der Waals surface area contributed by atoms with Gasteiger partial charge in [-0.3, -0.25) is 9.59 Å². The first-order valence-electron chi connectivity index (χ1n) is 9.08. The zero-order valence-electron chi connectivity index (χ0n) is 15.5. The second kappa shape index (κ2) is 6.11. The zero-order valence-corrected chi connectivity index (χ0v) is 15.5. The highest BCUT2D eigenvalue weighted by Gasteiger charge is 2.48. The van der Waals surface area contributed by atoms with Crippen LogP contribution in [0.15, 0.2) is 18.7 Å². The van der Waals surface area contributed by atoms with Crippen molar-refractivity contribution in [3.05, 3.63) is 41.4 Å². The maximum Gasteiger partial charge on any atom is 0.246 e. The molecule has 6 nitrogen and oxygen atoms in total. The van der Waals surface area contributed by atoms with E-state index in [-0.39, 0.29) is 24.2 Å². The minimum Gasteiger partial charge on any atom is -0.369 e. The van der Waals surface area contributed by atoms with E-state index in [4.69, 9.17) is 5.73 Å². The van der Waals surface area contributed by atoms with Gasteiger partial charge in [0, 0.05) is 36.6 Å². The van der Waals surface area contributed by atoms with Crippen LogP contribution in [0, 0.1) is 25.6 Å². The third kappa shape index (κ3) is 2.60. The Hall–Kier alpha value is -2.83. The van der Waals surface area contributed by atoms with E-state index in [0.717, 1.165) is 22.2 Å². The predicted molar refractivity (Wildman–Crippen MR) is 102 cm³/mol. The number of primary amides is 1. The fourth-order valence-electron chi connectivity index (χ4n) is 4.49. The first-order chi connectivity index (χ1) is 12.8. The third-order valence-electron chi connectivity index (χ3n) is 5.96. The lowest BCUT2D eigenvalue weighted by molar-refractivity contribution is -0.135. The molecule has 2 fully saturated rings. The van der Waals surface area contributed by atoms with Crippen molar-refractivity contribution >= 4 is 28.4 Å². The molecule has 3 N–H and O–H groups in total. The van der Waals surface area contributed by atoms with Crippen molar-refractivity contribution in [2.24, 2.45) is 11.7 Å². The molecule has 1 aromatic heterocycles. The maximum atomic E-state index is 15.2. The van der Waals surface area contributed by atoms with Gasteiger partial charge in [-0.15, -0.1) is 0 Å². The van der Waals surface area contributed by atoms with Crippen LogP contribution in [0.3, 0.4) is 0 Å². The fourth-order valence-corrected chi connectivity index (χ4v) is 4.49. The van der Waals surface area contributed by atoms with E-state index < -0.39 is 5.91 Å². The summed E-state index contributed by atoms with van der Waals surface area (Å²) in [6, 6.07) is 1.50. The van der Waals surface area contributed by atoms with Gasteiger partial charge in [0.05, 0.1) is 23.7 Å². The SMILES string of the molecule is C=CC(=O)N1CC2CN(c3c(F)cc(CC(N)=O)c4[nH]c(C)c(C)c34)CC21. The summed E-state index contributed by atoms with van der Waals surface area (Å²) in [4.78, 5) is 30.4. The zero-order chi connectivity index (χ0) is 19.5. The summed E-state index contributed by atoms with van der Waals surface area (Å²) in [5, 5.41) is 0.798. The second-order valence-corrected chi connectivity index (χ2v) is 7.56. The topological polar surface area (TPSA) is 82.4 Å². The number of aryl methyl sites for hydroxylation is 2. The molecule has 3 heterocycles. The number of anilines is 1. The van der Waals surface area contributed by atoms with Crippen molar-refractivity contribution in [2.75, 3.05) is 24.5 Å². The minimum atomic E-state index is -0.494. The normalized spacial score (nSPS) is 21.3. The van der Waals surface area contributed by atoms with Crippen molar-refractivity contribution in [3.8, 4) is 0 Å². The van der Waals surface area contributed by atoms with Gasteiger partial charge in [0.25, 0.3) is 0 Å². The van der Waals surface area contributed by atoms with Crippen molar-refractivity contribution in [3.63, 3.8) is 0 Å². The lowest BCUT2D eigenvalue weighted by Crippen LogP contribution is -2.57. The number of nitrogens with zero attached hydrogens (tertiary/aromatic N) is 2. The molecule has 2 aliphatic heterocycles. The summed E-state index contributed by atoms with van der Waals surface area (Å²) in [7, 11) is 0. The van der Waals surface area contributed by atoms with Gasteiger partial charge in [-0.05, 0) is 37.1 Å². The lowest BCUT2D eigenvalue weighted by atomic mass is 9.92. The van der Waals surface area contributed by atoms with Crippen LogP contribution >= 0.6 is 0 Å². The highest BCUT2D eigenvalue weighted by Crippen LogP contribution is 2.41. The number of halogens is 1. The number of benzene rings is 1. The number of aromatic nitrogens is 1. The Morgan fingerprint density at radius 2 is 2.11 bits per heavy atom. The van der Waals surface area contributed by atoms with Crippen molar-refractivity contribution < 1.29 is 14.0 Å². The van der Waals surface area contributed by atoms with E-state index in [0.29, 0.717) is 36.8 Å². The first-order valence-corrected chi connectivity index (χ1v) is 9.08. The van der Waals surface area contributed by atoms with E-state index in [1.807, 2.05) is 18.7 Å². The highest BCUT2D eigenvalue weighted by molar-refractivity contribution is 6.00. The molecule has 0 spiro atoms. The van der Waals surface area contributed by atoms with Crippen LogP contribution in [-0.4, -0.2) is 47.4 Å². The highest BCUT2D eigenvalue weighted by atomic mass is 19.1. The largest absolute Gasteiger partial charge is 0.369 e. The molecule has 27 heavy (non-hydrogen) atoms. The molecule has 0 bridgehead atoms. The van der Waals surface area contributed by atoms with Crippen molar-refractivity contribution in [1.29, 1.82) is 0 Å². The van der Waals surface area contributed by atoms with Gasteiger partial charge < -0.3 is 20.5 Å². The quantitative estimate of drug-likeness (QED) is 0.805. The van der Waals surface area contributed by atoms with Gasteiger partial charge in [0.15, 0.2) is 0 Å². The molecule has 2 saturated heterocycles. The van der Waals surface area contributed by atoms with Crippen LogP contribution in [-0.2, 0) is 16.0 Å². The van der Waals surface area contributed by atoms with Crippen LogP contribution in [0.1, 0.15) is 16.8 Å². The number of nitrogens with two attached hydrogens (primary N) is 1. The van der Waals surface area contributed by atoms with E-state index in [2.05, 4.69) is 11.6 Å². The smallest absolute Gasteiger partial charge is 0.246 e. The standard InChI is InChI=1S/C20H23FN4O2/c1-4-17(27)25-8-13-7-24(9-15(13)25)20-14(21)5-12(6-16(22)26)19-18(20)10(2)11(3)23-19/h4-5,13,15,23H,1,6-9H2,2-3H3,(H2,22,26). The van der Waals surface area contributed by atoms with Crippen LogP contribution in [0.25, 0.3) is 10.9 Å². The average Bonchev–Trinajstić information content (AvgIpc) is 3.07. The summed E-state index contributed by atoms with van der Waals surface area (Å²) in [5.41, 5.74) is 9.12. The molecule has 2 atom stereocenters. The van der Waals surface area contributed by atoms with Crippen molar-refractivity contribution in [2.45, 2.75) is 26.3 Å². The number of aromatic amines is 1.